The first-order valence-electron chi connectivity index (χ1n) is 8.79. The first-order chi connectivity index (χ1) is 11.3. The number of carbonyl (C=O) groups is 1. The van der Waals surface area contributed by atoms with Gasteiger partial charge in [0.1, 0.15) is 0 Å². The minimum atomic E-state index is -4.89. The number of benzene rings is 1. The minimum Gasteiger partial charge on any atom is -0.318 e. The van der Waals surface area contributed by atoms with E-state index >= 15 is 0 Å². The molecule has 4 aliphatic rings. The Bertz CT molecular complexity index is 609. The Morgan fingerprint density at radius 1 is 0.958 bits per heavy atom. The van der Waals surface area contributed by atoms with Gasteiger partial charge in [-0.25, -0.2) is 0 Å². The Morgan fingerprint density at radius 2 is 1.46 bits per heavy atom. The van der Waals surface area contributed by atoms with E-state index in [2.05, 4.69) is 0 Å². The van der Waals surface area contributed by atoms with Crippen molar-refractivity contribution in [1.82, 2.24) is 0 Å². The van der Waals surface area contributed by atoms with Crippen LogP contribution in [-0.4, -0.2) is 12.0 Å². The first-order valence-corrected chi connectivity index (χ1v) is 8.79. The summed E-state index contributed by atoms with van der Waals surface area (Å²) in [5.74, 6) is 1.86. The Labute approximate surface area is 139 Å². The van der Waals surface area contributed by atoms with E-state index in [-0.39, 0.29) is 5.56 Å². The average Bonchev–Trinajstić information content (AvgIpc) is 2.52. The third-order valence-electron chi connectivity index (χ3n) is 6.47. The van der Waals surface area contributed by atoms with Crippen molar-refractivity contribution < 1.29 is 18.0 Å². The molecule has 0 heterocycles. The van der Waals surface area contributed by atoms with E-state index in [0.717, 1.165) is 23.7 Å². The highest BCUT2D eigenvalue weighted by Gasteiger charge is 2.48. The van der Waals surface area contributed by atoms with Crippen LogP contribution in [0.3, 0.4) is 0 Å². The van der Waals surface area contributed by atoms with Crippen molar-refractivity contribution in [2.45, 2.75) is 50.2 Å². The predicted octanol–water partition coefficient (Wildman–Crippen LogP) is 4.36. The SMILES string of the molecule is N[C@@H](C(=O)C(F)(F)F)c1ccc(C2C3CC4CC(C3)CC2C4)cc1. The molecule has 4 fully saturated rings. The lowest BCUT2D eigenvalue weighted by Gasteiger charge is -2.54. The number of carbonyl (C=O) groups excluding carboxylic acids is 1. The number of alkyl halides is 3. The van der Waals surface area contributed by atoms with Gasteiger partial charge in [0.05, 0.1) is 6.04 Å². The fourth-order valence-electron chi connectivity index (χ4n) is 5.72. The molecule has 4 bridgehead atoms. The topological polar surface area (TPSA) is 43.1 Å². The molecule has 0 aliphatic heterocycles. The molecule has 1 atom stereocenters. The summed E-state index contributed by atoms with van der Waals surface area (Å²) in [6.07, 6.45) is 1.69. The second kappa shape index (κ2) is 5.58. The summed E-state index contributed by atoms with van der Waals surface area (Å²) in [5, 5.41) is 0. The molecule has 130 valence electrons. The van der Waals surface area contributed by atoms with Crippen molar-refractivity contribution in [3.05, 3.63) is 35.4 Å². The van der Waals surface area contributed by atoms with Gasteiger partial charge in [-0.05, 0) is 72.8 Å². The Kier molecular flexibility index (Phi) is 3.75. The molecule has 24 heavy (non-hydrogen) atoms. The molecule has 0 unspecified atom stereocenters. The average molecular weight is 337 g/mol. The molecule has 2 N–H and O–H groups in total. The van der Waals surface area contributed by atoms with Gasteiger partial charge < -0.3 is 5.73 Å². The summed E-state index contributed by atoms with van der Waals surface area (Å²) >= 11 is 0. The summed E-state index contributed by atoms with van der Waals surface area (Å²) in [7, 11) is 0. The summed E-state index contributed by atoms with van der Waals surface area (Å²) in [6, 6.07) is 5.37. The zero-order chi connectivity index (χ0) is 17.1. The van der Waals surface area contributed by atoms with Crippen LogP contribution in [0, 0.1) is 23.7 Å². The van der Waals surface area contributed by atoms with Gasteiger partial charge in [-0.2, -0.15) is 13.2 Å². The third-order valence-corrected chi connectivity index (χ3v) is 6.47. The van der Waals surface area contributed by atoms with E-state index in [1.54, 1.807) is 12.1 Å². The molecular formula is C19H22F3NO. The minimum absolute atomic E-state index is 0.241. The van der Waals surface area contributed by atoms with Crippen LogP contribution in [0.4, 0.5) is 13.2 Å². The van der Waals surface area contributed by atoms with Crippen LogP contribution in [0.1, 0.15) is 55.2 Å². The maximum absolute atomic E-state index is 12.5. The van der Waals surface area contributed by atoms with E-state index in [4.69, 9.17) is 5.73 Å². The molecule has 4 saturated carbocycles. The second-order valence-electron chi connectivity index (χ2n) is 7.96. The molecule has 2 nitrogen and oxygen atoms in total. The van der Waals surface area contributed by atoms with Gasteiger partial charge in [-0.1, -0.05) is 24.3 Å². The summed E-state index contributed by atoms with van der Waals surface area (Å²) in [5.41, 5.74) is 6.95. The number of hydrogen-bond acceptors (Lipinski definition) is 2. The molecule has 1 aromatic rings. The zero-order valence-corrected chi connectivity index (χ0v) is 13.4. The number of halogens is 3. The molecular weight excluding hydrogens is 315 g/mol. The van der Waals surface area contributed by atoms with Crippen LogP contribution in [0.2, 0.25) is 0 Å². The van der Waals surface area contributed by atoms with Gasteiger partial charge in [0, 0.05) is 0 Å². The van der Waals surface area contributed by atoms with Gasteiger partial charge in [0.25, 0.3) is 5.78 Å². The number of hydrogen-bond donors (Lipinski definition) is 1. The van der Waals surface area contributed by atoms with Gasteiger partial charge in [-0.3, -0.25) is 4.79 Å². The van der Waals surface area contributed by atoms with Crippen LogP contribution < -0.4 is 5.73 Å². The molecule has 5 heteroatoms. The lowest BCUT2D eigenvalue weighted by Crippen LogP contribution is -2.43. The molecule has 1 aromatic carbocycles. The fraction of sp³-hybridized carbons (Fsp3) is 0.632. The third kappa shape index (κ3) is 2.67. The predicted molar refractivity (Wildman–Crippen MR) is 84.2 cm³/mol. The van der Waals surface area contributed by atoms with Crippen LogP contribution in [0.15, 0.2) is 24.3 Å². The van der Waals surface area contributed by atoms with E-state index in [1.165, 1.54) is 37.7 Å². The number of ketones is 1. The quantitative estimate of drug-likeness (QED) is 0.891. The normalized spacial score (nSPS) is 35.9. The standard InChI is InChI=1S/C19H22F3NO/c20-19(21,22)18(24)17(23)13-3-1-12(2-4-13)16-14-6-10-5-11(8-14)9-15(16)7-10/h1-4,10-11,14-17H,5-9,23H2/t10?,11?,14?,15?,16?,17-/m1/s1. The van der Waals surface area contributed by atoms with Crippen LogP contribution >= 0.6 is 0 Å². The highest BCUT2D eigenvalue weighted by Crippen LogP contribution is 2.59. The largest absolute Gasteiger partial charge is 0.452 e. The Hall–Kier alpha value is -1.36. The molecule has 0 aromatic heterocycles. The van der Waals surface area contributed by atoms with E-state index in [1.807, 2.05) is 12.1 Å². The van der Waals surface area contributed by atoms with Crippen LogP contribution in [0.5, 0.6) is 0 Å². The Balaban J connectivity index is 1.53. The smallest absolute Gasteiger partial charge is 0.318 e. The van der Waals surface area contributed by atoms with E-state index in [0.29, 0.717) is 5.92 Å². The number of rotatable bonds is 3. The summed E-state index contributed by atoms with van der Waals surface area (Å²) < 4.78 is 37.6. The van der Waals surface area contributed by atoms with Gasteiger partial charge in [0.15, 0.2) is 0 Å². The maximum Gasteiger partial charge on any atom is 0.452 e. The summed E-state index contributed by atoms with van der Waals surface area (Å²) in [4.78, 5) is 11.3. The van der Waals surface area contributed by atoms with Crippen LogP contribution in [0.25, 0.3) is 0 Å². The zero-order valence-electron chi connectivity index (χ0n) is 13.4. The molecule has 0 radical (unpaired) electrons. The molecule has 5 rings (SSSR count). The Morgan fingerprint density at radius 3 is 1.92 bits per heavy atom. The van der Waals surface area contributed by atoms with Crippen molar-refractivity contribution in [1.29, 1.82) is 0 Å². The van der Waals surface area contributed by atoms with Crippen molar-refractivity contribution in [2.24, 2.45) is 29.4 Å². The van der Waals surface area contributed by atoms with Gasteiger partial charge in [-0.15, -0.1) is 0 Å². The molecule has 0 saturated heterocycles. The number of nitrogens with two attached hydrogens (primary N) is 1. The lowest BCUT2D eigenvalue weighted by molar-refractivity contribution is -0.172. The van der Waals surface area contributed by atoms with Crippen molar-refractivity contribution in [3.8, 4) is 0 Å². The highest BCUT2D eigenvalue weighted by atomic mass is 19.4. The van der Waals surface area contributed by atoms with Crippen molar-refractivity contribution in [3.63, 3.8) is 0 Å². The maximum atomic E-state index is 12.5. The summed E-state index contributed by atoms with van der Waals surface area (Å²) in [6.45, 7) is 0. The van der Waals surface area contributed by atoms with Crippen LogP contribution in [-0.2, 0) is 4.79 Å². The van der Waals surface area contributed by atoms with Crippen molar-refractivity contribution in [2.75, 3.05) is 0 Å². The first kappa shape index (κ1) is 16.1. The number of Topliss-reactive ketones (excluding diaryl/α,β-unsaturated/α-hetero) is 1. The highest BCUT2D eigenvalue weighted by molar-refractivity contribution is 5.89. The lowest BCUT2D eigenvalue weighted by atomic mass is 9.51. The van der Waals surface area contributed by atoms with Gasteiger partial charge >= 0.3 is 6.18 Å². The fourth-order valence-corrected chi connectivity index (χ4v) is 5.72. The van der Waals surface area contributed by atoms with Gasteiger partial charge in [0.2, 0.25) is 0 Å². The monoisotopic (exact) mass is 337 g/mol. The molecule has 0 amide bonds. The molecule has 4 aliphatic carbocycles. The van der Waals surface area contributed by atoms with E-state index in [9.17, 15) is 18.0 Å². The van der Waals surface area contributed by atoms with Crippen molar-refractivity contribution >= 4 is 5.78 Å². The molecule has 0 spiro atoms. The second-order valence-corrected chi connectivity index (χ2v) is 7.96. The van der Waals surface area contributed by atoms with E-state index < -0.39 is 18.0 Å².